The van der Waals surface area contributed by atoms with Gasteiger partial charge >= 0.3 is 5.69 Å². The van der Waals surface area contributed by atoms with Crippen LogP contribution >= 0.6 is 11.8 Å². The van der Waals surface area contributed by atoms with Gasteiger partial charge in [-0.1, -0.05) is 37.7 Å². The van der Waals surface area contributed by atoms with Gasteiger partial charge in [0.2, 0.25) is 5.91 Å². The summed E-state index contributed by atoms with van der Waals surface area (Å²) in [5.74, 6) is -0.0702. The summed E-state index contributed by atoms with van der Waals surface area (Å²) in [6.45, 7) is 9.48. The van der Waals surface area contributed by atoms with E-state index in [2.05, 4.69) is 29.0 Å². The SMILES string of the molecule is CCN(CC)CCCn1c2c(c(SCC(=O)Nc3cccc(C(C)=O)c3)nc1=O)CCCC2. The van der Waals surface area contributed by atoms with Gasteiger partial charge in [0.15, 0.2) is 5.78 Å². The Hall–Kier alpha value is -2.45. The van der Waals surface area contributed by atoms with Crippen LogP contribution in [-0.2, 0) is 24.2 Å². The van der Waals surface area contributed by atoms with Crippen LogP contribution in [-0.4, -0.2) is 51.5 Å². The number of hydrogen-bond donors (Lipinski definition) is 1. The number of ketones is 1. The van der Waals surface area contributed by atoms with Gasteiger partial charge in [-0.25, -0.2) is 4.79 Å². The predicted octanol–water partition coefficient (Wildman–Crippen LogP) is 3.79. The molecular weight excluding hydrogens is 436 g/mol. The van der Waals surface area contributed by atoms with Gasteiger partial charge in [0.25, 0.3) is 0 Å². The molecule has 0 radical (unpaired) electrons. The maximum Gasteiger partial charge on any atom is 0.348 e. The molecule has 178 valence electrons. The summed E-state index contributed by atoms with van der Waals surface area (Å²) in [4.78, 5) is 43.7. The molecule has 0 spiro atoms. The highest BCUT2D eigenvalue weighted by molar-refractivity contribution is 8.00. The van der Waals surface area contributed by atoms with E-state index in [0.717, 1.165) is 63.0 Å². The number of nitrogens with one attached hydrogen (secondary N) is 1. The van der Waals surface area contributed by atoms with Crippen molar-refractivity contribution in [1.82, 2.24) is 14.5 Å². The Labute approximate surface area is 200 Å². The number of fused-ring (bicyclic) bond motifs is 1. The first-order chi connectivity index (χ1) is 15.9. The highest BCUT2D eigenvalue weighted by Crippen LogP contribution is 2.28. The van der Waals surface area contributed by atoms with Crippen molar-refractivity contribution in [2.45, 2.75) is 64.4 Å². The molecule has 1 aliphatic carbocycles. The normalized spacial score (nSPS) is 13.1. The smallest absolute Gasteiger partial charge is 0.325 e. The number of benzene rings is 1. The molecule has 0 atom stereocenters. The molecule has 1 amide bonds. The summed E-state index contributed by atoms with van der Waals surface area (Å²) in [5, 5.41) is 3.52. The molecule has 0 saturated carbocycles. The van der Waals surface area contributed by atoms with Crippen molar-refractivity contribution >= 4 is 29.1 Å². The van der Waals surface area contributed by atoms with Gasteiger partial charge in [-0.05, 0) is 70.8 Å². The van der Waals surface area contributed by atoms with Crippen LogP contribution in [0.2, 0.25) is 0 Å². The molecule has 8 heteroatoms. The van der Waals surface area contributed by atoms with Gasteiger partial charge in [-0.15, -0.1) is 0 Å². The summed E-state index contributed by atoms with van der Waals surface area (Å²) < 4.78 is 1.86. The number of hydrogen-bond acceptors (Lipinski definition) is 6. The monoisotopic (exact) mass is 470 g/mol. The predicted molar refractivity (Wildman–Crippen MR) is 133 cm³/mol. The fourth-order valence-electron chi connectivity index (χ4n) is 4.24. The van der Waals surface area contributed by atoms with Crippen molar-refractivity contribution in [3.05, 3.63) is 51.6 Å². The van der Waals surface area contributed by atoms with Gasteiger partial charge in [0.05, 0.1) is 5.75 Å². The third-order valence-electron chi connectivity index (χ3n) is 6.09. The fourth-order valence-corrected chi connectivity index (χ4v) is 5.11. The Balaban J connectivity index is 1.69. The van der Waals surface area contributed by atoms with E-state index in [1.54, 1.807) is 24.3 Å². The third-order valence-corrected chi connectivity index (χ3v) is 7.11. The Bertz CT molecular complexity index is 1050. The van der Waals surface area contributed by atoms with Gasteiger partial charge in [0, 0.05) is 29.1 Å². The molecule has 0 aliphatic heterocycles. The van der Waals surface area contributed by atoms with Gasteiger partial charge in [-0.3, -0.25) is 14.2 Å². The molecule has 3 rings (SSSR count). The van der Waals surface area contributed by atoms with Crippen molar-refractivity contribution < 1.29 is 9.59 Å². The lowest BCUT2D eigenvalue weighted by Crippen LogP contribution is -2.32. The first-order valence-corrected chi connectivity index (χ1v) is 12.8. The molecule has 1 heterocycles. The minimum atomic E-state index is -0.215. The van der Waals surface area contributed by atoms with Gasteiger partial charge in [0.1, 0.15) is 5.03 Å². The largest absolute Gasteiger partial charge is 0.348 e. The van der Waals surface area contributed by atoms with Crippen LogP contribution in [0, 0.1) is 0 Å². The maximum atomic E-state index is 12.9. The van der Waals surface area contributed by atoms with E-state index in [0.29, 0.717) is 22.8 Å². The second-order valence-corrected chi connectivity index (χ2v) is 9.30. The summed E-state index contributed by atoms with van der Waals surface area (Å²) in [7, 11) is 0. The summed E-state index contributed by atoms with van der Waals surface area (Å²) >= 11 is 1.32. The van der Waals surface area contributed by atoms with E-state index >= 15 is 0 Å². The average molecular weight is 471 g/mol. The topological polar surface area (TPSA) is 84.3 Å². The molecule has 33 heavy (non-hydrogen) atoms. The first-order valence-electron chi connectivity index (χ1n) is 11.8. The lowest BCUT2D eigenvalue weighted by molar-refractivity contribution is -0.113. The molecule has 1 aliphatic rings. The van der Waals surface area contributed by atoms with Crippen LogP contribution in [0.15, 0.2) is 34.1 Å². The molecule has 0 unspecified atom stereocenters. The molecular formula is C25H34N4O3S. The Morgan fingerprint density at radius 1 is 1.18 bits per heavy atom. The summed E-state index contributed by atoms with van der Waals surface area (Å²) in [6, 6.07) is 6.90. The van der Waals surface area contributed by atoms with Crippen molar-refractivity contribution in [1.29, 1.82) is 0 Å². The van der Waals surface area contributed by atoms with E-state index in [9.17, 15) is 14.4 Å². The lowest BCUT2D eigenvalue weighted by Gasteiger charge is -2.23. The van der Waals surface area contributed by atoms with E-state index in [1.807, 2.05) is 4.57 Å². The summed E-state index contributed by atoms with van der Waals surface area (Å²) in [5.41, 5.74) is 3.15. The maximum absolute atomic E-state index is 12.9. The quantitative estimate of drug-likeness (QED) is 0.306. The van der Waals surface area contributed by atoms with Crippen LogP contribution in [0.4, 0.5) is 5.69 Å². The van der Waals surface area contributed by atoms with Crippen LogP contribution in [0.25, 0.3) is 0 Å². The number of Topliss-reactive ketones (excluding diaryl/α,β-unsaturated/α-hetero) is 1. The van der Waals surface area contributed by atoms with Crippen molar-refractivity contribution in [3.63, 3.8) is 0 Å². The van der Waals surface area contributed by atoms with Crippen molar-refractivity contribution in [2.24, 2.45) is 0 Å². The van der Waals surface area contributed by atoms with Crippen LogP contribution in [0.1, 0.15) is 61.6 Å². The van der Waals surface area contributed by atoms with Crippen LogP contribution in [0.3, 0.4) is 0 Å². The Morgan fingerprint density at radius 3 is 2.67 bits per heavy atom. The van der Waals surface area contributed by atoms with Crippen LogP contribution < -0.4 is 11.0 Å². The Kier molecular flexibility index (Phi) is 9.26. The zero-order chi connectivity index (χ0) is 23.8. The minimum absolute atomic E-state index is 0.0473. The highest BCUT2D eigenvalue weighted by atomic mass is 32.2. The number of aromatic nitrogens is 2. The summed E-state index contributed by atoms with van der Waals surface area (Å²) in [6.07, 6.45) is 4.84. The number of nitrogens with zero attached hydrogens (tertiary/aromatic N) is 3. The second-order valence-electron chi connectivity index (χ2n) is 8.34. The number of rotatable bonds is 11. The number of amides is 1. The molecule has 7 nitrogen and oxygen atoms in total. The molecule has 1 aromatic heterocycles. The number of carbonyl (C=O) groups is 2. The van der Waals surface area contributed by atoms with E-state index < -0.39 is 0 Å². The molecule has 1 N–H and O–H groups in total. The van der Waals surface area contributed by atoms with Crippen molar-refractivity contribution in [2.75, 3.05) is 30.7 Å². The van der Waals surface area contributed by atoms with E-state index in [1.165, 1.54) is 18.7 Å². The number of thioether (sulfide) groups is 1. The Morgan fingerprint density at radius 2 is 1.94 bits per heavy atom. The lowest BCUT2D eigenvalue weighted by atomic mass is 9.97. The molecule has 0 saturated heterocycles. The average Bonchev–Trinajstić information content (AvgIpc) is 2.82. The van der Waals surface area contributed by atoms with E-state index in [-0.39, 0.29) is 23.1 Å². The van der Waals surface area contributed by atoms with Gasteiger partial charge < -0.3 is 10.2 Å². The molecule has 1 aromatic carbocycles. The zero-order valence-electron chi connectivity index (χ0n) is 19.9. The second kappa shape index (κ2) is 12.1. The zero-order valence-corrected chi connectivity index (χ0v) is 20.7. The van der Waals surface area contributed by atoms with Crippen molar-refractivity contribution in [3.8, 4) is 0 Å². The molecule has 0 fully saturated rings. The number of carbonyl (C=O) groups excluding carboxylic acids is 2. The number of anilines is 1. The highest BCUT2D eigenvalue weighted by Gasteiger charge is 2.21. The first kappa shape index (κ1) is 25.2. The molecule has 0 bridgehead atoms. The van der Waals surface area contributed by atoms with Gasteiger partial charge in [-0.2, -0.15) is 4.98 Å². The van der Waals surface area contributed by atoms with Crippen LogP contribution in [0.5, 0.6) is 0 Å². The third kappa shape index (κ3) is 6.77. The van der Waals surface area contributed by atoms with E-state index in [4.69, 9.17) is 0 Å². The standard InChI is InChI=1S/C25H34N4O3S/c1-4-28(5-2)14-9-15-29-22-13-7-6-12-21(22)24(27-25(29)32)33-17-23(31)26-20-11-8-10-19(16-20)18(3)30/h8,10-11,16H,4-7,9,12-15,17H2,1-3H3,(H,26,31). The fraction of sp³-hybridized carbons (Fsp3) is 0.520. The minimum Gasteiger partial charge on any atom is -0.325 e. The molecule has 2 aromatic rings.